The molecule has 4 rings (SSSR count). The van der Waals surface area contributed by atoms with Crippen molar-refractivity contribution < 1.29 is 0 Å². The summed E-state index contributed by atoms with van der Waals surface area (Å²) in [6, 6.07) is 15.7. The number of fused-ring (bicyclic) bond motifs is 1. The monoisotopic (exact) mass is 313 g/mol. The molecule has 1 aliphatic rings. The summed E-state index contributed by atoms with van der Waals surface area (Å²) in [6.45, 7) is 6.62. The summed E-state index contributed by atoms with van der Waals surface area (Å²) in [5.74, 6) is 0.998. The van der Waals surface area contributed by atoms with Crippen molar-refractivity contribution >= 4 is 10.9 Å². The summed E-state index contributed by atoms with van der Waals surface area (Å²) in [6.07, 6.45) is 8.93. The molecule has 0 saturated heterocycles. The first kappa shape index (κ1) is 15.0. The van der Waals surface area contributed by atoms with Gasteiger partial charge < -0.3 is 4.98 Å². The predicted octanol–water partition coefficient (Wildman–Crippen LogP) is 6.30. The molecule has 0 bridgehead atoms. The van der Waals surface area contributed by atoms with Crippen LogP contribution in [0.25, 0.3) is 22.0 Å². The third-order valence-corrected chi connectivity index (χ3v) is 5.15. The van der Waals surface area contributed by atoms with Gasteiger partial charge in [-0.25, -0.2) is 0 Å². The highest BCUT2D eigenvalue weighted by molar-refractivity contribution is 5.96. The lowest BCUT2D eigenvalue weighted by atomic mass is 9.82. The zero-order valence-electron chi connectivity index (χ0n) is 14.5. The van der Waals surface area contributed by atoms with Gasteiger partial charge in [0.15, 0.2) is 0 Å². The van der Waals surface area contributed by atoms with Gasteiger partial charge in [-0.05, 0) is 54.2 Å². The quantitative estimate of drug-likeness (QED) is 0.571. The summed E-state index contributed by atoms with van der Waals surface area (Å²) in [5.41, 5.74) is 7.80. The third kappa shape index (κ3) is 2.50. The van der Waals surface area contributed by atoms with Crippen LogP contribution in [0.4, 0.5) is 0 Å². The van der Waals surface area contributed by atoms with Gasteiger partial charge in [-0.2, -0.15) is 0 Å². The molecule has 0 aliphatic heterocycles. The first-order valence-corrected chi connectivity index (χ1v) is 8.68. The lowest BCUT2D eigenvalue weighted by Crippen LogP contribution is -2.07. The average Bonchev–Trinajstić information content (AvgIpc) is 2.96. The van der Waals surface area contributed by atoms with Crippen molar-refractivity contribution in [2.45, 2.75) is 26.7 Å². The Bertz CT molecular complexity index is 955. The highest BCUT2D eigenvalue weighted by atomic mass is 14.7. The molecule has 1 nitrogen and oxygen atoms in total. The van der Waals surface area contributed by atoms with E-state index < -0.39 is 0 Å². The molecule has 120 valence electrons. The topological polar surface area (TPSA) is 15.8 Å². The molecule has 1 aliphatic carbocycles. The van der Waals surface area contributed by atoms with Gasteiger partial charge in [-0.15, -0.1) is 0 Å². The molecule has 0 fully saturated rings. The first-order valence-electron chi connectivity index (χ1n) is 8.68. The number of benzene rings is 2. The second-order valence-electron chi connectivity index (χ2n) is 6.95. The van der Waals surface area contributed by atoms with Crippen LogP contribution in [-0.4, -0.2) is 4.98 Å². The van der Waals surface area contributed by atoms with Crippen molar-refractivity contribution in [1.29, 1.82) is 0 Å². The van der Waals surface area contributed by atoms with Gasteiger partial charge >= 0.3 is 0 Å². The van der Waals surface area contributed by atoms with Crippen molar-refractivity contribution in [2.75, 3.05) is 0 Å². The molecular weight excluding hydrogens is 290 g/mol. The highest BCUT2D eigenvalue weighted by Crippen LogP contribution is 2.36. The Morgan fingerprint density at radius 3 is 2.54 bits per heavy atom. The van der Waals surface area contributed by atoms with E-state index in [0.717, 1.165) is 0 Å². The van der Waals surface area contributed by atoms with Crippen LogP contribution in [0, 0.1) is 19.8 Å². The number of hydrogen-bond acceptors (Lipinski definition) is 0. The van der Waals surface area contributed by atoms with Gasteiger partial charge in [0.25, 0.3) is 0 Å². The molecule has 1 aromatic heterocycles. The van der Waals surface area contributed by atoms with E-state index in [1.165, 1.54) is 38.9 Å². The average molecular weight is 313 g/mol. The van der Waals surface area contributed by atoms with E-state index in [1.807, 2.05) is 0 Å². The van der Waals surface area contributed by atoms with Crippen molar-refractivity contribution in [3.05, 3.63) is 83.6 Å². The fourth-order valence-corrected chi connectivity index (χ4v) is 3.80. The third-order valence-electron chi connectivity index (χ3n) is 5.15. The predicted molar refractivity (Wildman–Crippen MR) is 103 cm³/mol. The molecule has 1 heteroatoms. The summed E-state index contributed by atoms with van der Waals surface area (Å²) in [4.78, 5) is 3.45. The number of aromatic nitrogens is 1. The normalized spacial score (nSPS) is 20.0. The maximum atomic E-state index is 3.45. The number of aryl methyl sites for hydroxylation is 2. The molecule has 1 heterocycles. The maximum absolute atomic E-state index is 3.45. The maximum Gasteiger partial charge on any atom is 0.0462 e. The number of nitrogens with one attached hydrogen (secondary N) is 1. The van der Waals surface area contributed by atoms with Crippen LogP contribution in [0.2, 0.25) is 0 Å². The summed E-state index contributed by atoms with van der Waals surface area (Å²) < 4.78 is 0. The lowest BCUT2D eigenvalue weighted by molar-refractivity contribution is 0.635. The molecule has 0 amide bonds. The standard InChI is InChI=1S/C23H23N/c1-15-7-4-5-8-19(15)18-12-11-16(2)21(14-18)20-9-6-10-23-22(20)13-17(3)24-23/h4-15,19,24H,1-3H3. The van der Waals surface area contributed by atoms with Gasteiger partial charge in [-0.1, -0.05) is 61.6 Å². The smallest absolute Gasteiger partial charge is 0.0462 e. The number of rotatable bonds is 2. The fraction of sp³-hybridized carbons (Fsp3) is 0.217. The Morgan fingerprint density at radius 2 is 1.71 bits per heavy atom. The molecule has 24 heavy (non-hydrogen) atoms. The van der Waals surface area contributed by atoms with Crippen molar-refractivity contribution in [3.8, 4) is 11.1 Å². The minimum atomic E-state index is 0.460. The van der Waals surface area contributed by atoms with E-state index in [-0.39, 0.29) is 0 Å². The van der Waals surface area contributed by atoms with Gasteiger partial charge in [0.2, 0.25) is 0 Å². The zero-order valence-corrected chi connectivity index (χ0v) is 14.5. The van der Waals surface area contributed by atoms with Crippen LogP contribution in [0.1, 0.15) is 29.7 Å². The summed E-state index contributed by atoms with van der Waals surface area (Å²) in [5, 5.41) is 1.31. The molecule has 2 atom stereocenters. The minimum absolute atomic E-state index is 0.460. The summed E-state index contributed by atoms with van der Waals surface area (Å²) >= 11 is 0. The Kier molecular flexibility index (Phi) is 3.65. The molecule has 0 saturated carbocycles. The Balaban J connectivity index is 1.87. The van der Waals surface area contributed by atoms with E-state index in [9.17, 15) is 0 Å². The van der Waals surface area contributed by atoms with E-state index >= 15 is 0 Å². The van der Waals surface area contributed by atoms with Crippen LogP contribution >= 0.6 is 0 Å². The number of hydrogen-bond donors (Lipinski definition) is 1. The van der Waals surface area contributed by atoms with E-state index in [1.54, 1.807) is 0 Å². The van der Waals surface area contributed by atoms with Crippen molar-refractivity contribution in [2.24, 2.45) is 5.92 Å². The van der Waals surface area contributed by atoms with Gasteiger partial charge in [0.05, 0.1) is 0 Å². The highest BCUT2D eigenvalue weighted by Gasteiger charge is 2.18. The summed E-state index contributed by atoms with van der Waals surface area (Å²) in [7, 11) is 0. The van der Waals surface area contributed by atoms with Gasteiger partial charge in [-0.3, -0.25) is 0 Å². The Labute approximate surface area is 143 Å². The zero-order chi connectivity index (χ0) is 16.7. The molecule has 3 aromatic rings. The van der Waals surface area contributed by atoms with Crippen molar-refractivity contribution in [1.82, 2.24) is 4.98 Å². The second-order valence-corrected chi connectivity index (χ2v) is 6.95. The molecule has 2 aromatic carbocycles. The van der Waals surface area contributed by atoms with Crippen LogP contribution in [-0.2, 0) is 0 Å². The van der Waals surface area contributed by atoms with Gasteiger partial charge in [0.1, 0.15) is 0 Å². The molecular formula is C23H23N. The Hall–Kier alpha value is -2.54. The van der Waals surface area contributed by atoms with Gasteiger partial charge in [0, 0.05) is 22.5 Å². The second kappa shape index (κ2) is 5.83. The van der Waals surface area contributed by atoms with Crippen LogP contribution < -0.4 is 0 Å². The SMILES string of the molecule is Cc1cc2c(-c3cc(C4C=CC=CC4C)ccc3C)cccc2[nH]1. The van der Waals surface area contributed by atoms with Crippen LogP contribution in [0.15, 0.2) is 66.8 Å². The molecule has 0 spiro atoms. The van der Waals surface area contributed by atoms with Crippen LogP contribution in [0.5, 0.6) is 0 Å². The van der Waals surface area contributed by atoms with E-state index in [0.29, 0.717) is 11.8 Å². The van der Waals surface area contributed by atoms with Crippen LogP contribution in [0.3, 0.4) is 0 Å². The molecule has 1 N–H and O–H groups in total. The van der Waals surface area contributed by atoms with Crippen molar-refractivity contribution in [3.63, 3.8) is 0 Å². The molecule has 0 radical (unpaired) electrons. The number of allylic oxidation sites excluding steroid dienone is 4. The Morgan fingerprint density at radius 1 is 0.875 bits per heavy atom. The van der Waals surface area contributed by atoms with E-state index in [4.69, 9.17) is 0 Å². The number of aromatic amines is 1. The first-order chi connectivity index (χ1) is 11.6. The van der Waals surface area contributed by atoms with E-state index in [2.05, 4.69) is 92.5 Å². The minimum Gasteiger partial charge on any atom is -0.359 e. The largest absolute Gasteiger partial charge is 0.359 e. The number of H-pyrrole nitrogens is 1. The fourth-order valence-electron chi connectivity index (χ4n) is 3.80. The molecule has 2 unspecified atom stereocenters. The lowest BCUT2D eigenvalue weighted by Gasteiger charge is -2.22.